The minimum Gasteiger partial charge on any atom is -0.468 e. The molecule has 0 radical (unpaired) electrons. The predicted octanol–water partition coefficient (Wildman–Crippen LogP) is 0.340. The molecule has 0 bridgehead atoms. The first-order valence-electron chi connectivity index (χ1n) is 5.26. The van der Waals surface area contributed by atoms with Gasteiger partial charge in [0.2, 0.25) is 5.76 Å². The lowest BCUT2D eigenvalue weighted by molar-refractivity contribution is -0.142. The molecular formula is C11H13NO5. The highest BCUT2D eigenvalue weighted by molar-refractivity contribution is 5.86. The zero-order valence-corrected chi connectivity index (χ0v) is 9.34. The molecule has 0 aliphatic carbocycles. The van der Waals surface area contributed by atoms with Crippen LogP contribution in [0.25, 0.3) is 0 Å². The van der Waals surface area contributed by atoms with E-state index in [4.69, 9.17) is 9.15 Å². The number of methoxy groups -OCH3 is 1. The Kier molecular flexibility index (Phi) is 3.43. The van der Waals surface area contributed by atoms with E-state index in [0.29, 0.717) is 13.0 Å². The summed E-state index contributed by atoms with van der Waals surface area (Å²) in [4.78, 5) is 22.8. The summed E-state index contributed by atoms with van der Waals surface area (Å²) in [6.45, 7) is 0.437. The number of hydrogen-bond donors (Lipinski definition) is 1. The fourth-order valence-electron chi connectivity index (χ4n) is 1.72. The van der Waals surface area contributed by atoms with Crippen LogP contribution in [0.15, 0.2) is 22.8 Å². The van der Waals surface area contributed by atoms with E-state index < -0.39 is 12.0 Å². The molecule has 1 aromatic rings. The van der Waals surface area contributed by atoms with Gasteiger partial charge in [-0.05, 0) is 12.1 Å². The molecule has 17 heavy (non-hydrogen) atoms. The minimum absolute atomic E-state index is 0.159. The van der Waals surface area contributed by atoms with Gasteiger partial charge >= 0.3 is 11.9 Å². The van der Waals surface area contributed by atoms with E-state index in [9.17, 15) is 9.59 Å². The third-order valence-electron chi connectivity index (χ3n) is 2.57. The number of rotatable bonds is 3. The van der Waals surface area contributed by atoms with Gasteiger partial charge < -0.3 is 19.2 Å². The van der Waals surface area contributed by atoms with Crippen molar-refractivity contribution in [1.29, 1.82) is 0 Å². The SMILES string of the molecule is COC(=O)C1CC(OC(=O)c2ccco2)CN1. The fourth-order valence-corrected chi connectivity index (χ4v) is 1.72. The Morgan fingerprint density at radius 1 is 1.53 bits per heavy atom. The van der Waals surface area contributed by atoms with Crippen molar-refractivity contribution in [3.63, 3.8) is 0 Å². The predicted molar refractivity (Wildman–Crippen MR) is 56.3 cm³/mol. The Morgan fingerprint density at radius 3 is 3.00 bits per heavy atom. The molecule has 92 valence electrons. The smallest absolute Gasteiger partial charge is 0.374 e. The molecule has 1 saturated heterocycles. The molecule has 0 aromatic carbocycles. The maximum atomic E-state index is 11.5. The van der Waals surface area contributed by atoms with Gasteiger partial charge in [0.25, 0.3) is 0 Å². The van der Waals surface area contributed by atoms with Crippen molar-refractivity contribution in [3.8, 4) is 0 Å². The van der Waals surface area contributed by atoms with Crippen LogP contribution in [0.1, 0.15) is 17.0 Å². The van der Waals surface area contributed by atoms with Gasteiger partial charge in [0, 0.05) is 13.0 Å². The first kappa shape index (κ1) is 11.7. The summed E-state index contributed by atoms with van der Waals surface area (Å²) in [5, 5.41) is 2.93. The standard InChI is InChI=1S/C11H13NO5/c1-15-10(13)8-5-7(6-12-8)17-11(14)9-3-2-4-16-9/h2-4,7-8,12H,5-6H2,1H3. The van der Waals surface area contributed by atoms with Crippen molar-refractivity contribution in [3.05, 3.63) is 24.2 Å². The molecule has 0 amide bonds. The van der Waals surface area contributed by atoms with Crippen molar-refractivity contribution in [2.75, 3.05) is 13.7 Å². The normalized spacial score (nSPS) is 23.4. The van der Waals surface area contributed by atoms with Crippen LogP contribution in [0.5, 0.6) is 0 Å². The van der Waals surface area contributed by atoms with E-state index in [0.717, 1.165) is 0 Å². The molecule has 6 heteroatoms. The summed E-state index contributed by atoms with van der Waals surface area (Å²) in [5.74, 6) is -0.708. The summed E-state index contributed by atoms with van der Waals surface area (Å²) < 4.78 is 14.7. The van der Waals surface area contributed by atoms with Crippen molar-refractivity contribution in [2.24, 2.45) is 0 Å². The lowest BCUT2D eigenvalue weighted by Crippen LogP contribution is -2.31. The Bertz CT molecular complexity index is 400. The van der Waals surface area contributed by atoms with Crippen LogP contribution in [-0.4, -0.2) is 37.7 Å². The second-order valence-electron chi connectivity index (χ2n) is 3.72. The van der Waals surface area contributed by atoms with Gasteiger partial charge in [-0.15, -0.1) is 0 Å². The van der Waals surface area contributed by atoms with E-state index >= 15 is 0 Å². The molecule has 1 fully saturated rings. The van der Waals surface area contributed by atoms with Gasteiger partial charge in [0.15, 0.2) is 0 Å². The highest BCUT2D eigenvalue weighted by atomic mass is 16.6. The maximum absolute atomic E-state index is 11.5. The van der Waals surface area contributed by atoms with E-state index in [1.165, 1.54) is 19.4 Å². The van der Waals surface area contributed by atoms with Crippen LogP contribution < -0.4 is 5.32 Å². The second kappa shape index (κ2) is 5.01. The van der Waals surface area contributed by atoms with Gasteiger partial charge in [0.1, 0.15) is 12.1 Å². The largest absolute Gasteiger partial charge is 0.468 e. The average molecular weight is 239 g/mol. The Labute approximate surface area is 97.9 Å². The molecule has 2 atom stereocenters. The molecule has 0 spiro atoms. The summed E-state index contributed by atoms with van der Waals surface area (Å²) in [6.07, 6.45) is 1.48. The number of nitrogens with one attached hydrogen (secondary N) is 1. The average Bonchev–Trinajstić information content (AvgIpc) is 2.98. The Hall–Kier alpha value is -1.82. The molecule has 2 rings (SSSR count). The molecule has 0 saturated carbocycles. The van der Waals surface area contributed by atoms with Crippen LogP contribution in [0.2, 0.25) is 0 Å². The summed E-state index contributed by atoms with van der Waals surface area (Å²) in [5.41, 5.74) is 0. The molecule has 6 nitrogen and oxygen atoms in total. The van der Waals surface area contributed by atoms with Crippen LogP contribution in [0, 0.1) is 0 Å². The number of esters is 2. The number of ether oxygens (including phenoxy) is 2. The quantitative estimate of drug-likeness (QED) is 0.766. The third kappa shape index (κ3) is 2.65. The molecule has 1 aliphatic heterocycles. The zero-order chi connectivity index (χ0) is 12.3. The number of furan rings is 1. The van der Waals surface area contributed by atoms with Crippen molar-refractivity contribution < 1.29 is 23.5 Å². The zero-order valence-electron chi connectivity index (χ0n) is 9.34. The van der Waals surface area contributed by atoms with Crippen molar-refractivity contribution in [1.82, 2.24) is 5.32 Å². The fraction of sp³-hybridized carbons (Fsp3) is 0.455. The number of carbonyl (C=O) groups excluding carboxylic acids is 2. The lowest BCUT2D eigenvalue weighted by atomic mass is 10.2. The Balaban J connectivity index is 1.86. The Morgan fingerprint density at radius 2 is 2.35 bits per heavy atom. The van der Waals surface area contributed by atoms with E-state index in [-0.39, 0.29) is 17.8 Å². The molecule has 1 aromatic heterocycles. The van der Waals surface area contributed by atoms with Crippen LogP contribution in [0.3, 0.4) is 0 Å². The van der Waals surface area contributed by atoms with E-state index in [1.807, 2.05) is 0 Å². The van der Waals surface area contributed by atoms with Gasteiger partial charge in [-0.25, -0.2) is 4.79 Å². The molecule has 2 heterocycles. The highest BCUT2D eigenvalue weighted by Crippen LogP contribution is 2.14. The van der Waals surface area contributed by atoms with E-state index in [1.54, 1.807) is 6.07 Å². The van der Waals surface area contributed by atoms with Crippen molar-refractivity contribution >= 4 is 11.9 Å². The summed E-state index contributed by atoms with van der Waals surface area (Å²) in [7, 11) is 1.33. The molecule has 2 unspecified atom stereocenters. The molecule has 1 aliphatic rings. The summed E-state index contributed by atoms with van der Waals surface area (Å²) in [6, 6.07) is 2.73. The topological polar surface area (TPSA) is 77.8 Å². The highest BCUT2D eigenvalue weighted by Gasteiger charge is 2.32. The first-order valence-corrected chi connectivity index (χ1v) is 5.26. The summed E-state index contributed by atoms with van der Waals surface area (Å²) >= 11 is 0. The second-order valence-corrected chi connectivity index (χ2v) is 3.72. The first-order chi connectivity index (χ1) is 8.20. The van der Waals surface area contributed by atoms with Crippen molar-refractivity contribution in [2.45, 2.75) is 18.6 Å². The number of hydrogen-bond acceptors (Lipinski definition) is 6. The molecular weight excluding hydrogens is 226 g/mol. The monoisotopic (exact) mass is 239 g/mol. The van der Waals surface area contributed by atoms with Crippen LogP contribution >= 0.6 is 0 Å². The van der Waals surface area contributed by atoms with E-state index in [2.05, 4.69) is 10.1 Å². The molecule has 1 N–H and O–H groups in total. The lowest BCUT2D eigenvalue weighted by Gasteiger charge is -2.09. The number of carbonyl (C=O) groups is 2. The van der Waals surface area contributed by atoms with Gasteiger partial charge in [-0.3, -0.25) is 4.79 Å². The van der Waals surface area contributed by atoms with Crippen LogP contribution in [-0.2, 0) is 14.3 Å². The minimum atomic E-state index is -0.521. The third-order valence-corrected chi connectivity index (χ3v) is 2.57. The van der Waals surface area contributed by atoms with Gasteiger partial charge in [0.05, 0.1) is 13.4 Å². The van der Waals surface area contributed by atoms with Crippen LogP contribution in [0.4, 0.5) is 0 Å². The van der Waals surface area contributed by atoms with Gasteiger partial charge in [-0.1, -0.05) is 0 Å². The maximum Gasteiger partial charge on any atom is 0.374 e. The van der Waals surface area contributed by atoms with Gasteiger partial charge in [-0.2, -0.15) is 0 Å².